The lowest BCUT2D eigenvalue weighted by atomic mass is 10.4. The van der Waals surface area contributed by atoms with E-state index in [4.69, 9.17) is 0 Å². The van der Waals surface area contributed by atoms with Crippen LogP contribution in [0.4, 0.5) is 0 Å². The highest BCUT2D eigenvalue weighted by Crippen LogP contribution is 1.97. The molecule has 0 aromatic rings. The molecule has 0 aromatic heterocycles. The van der Waals surface area contributed by atoms with Crippen molar-refractivity contribution in [2.75, 3.05) is 19.0 Å². The smallest absolute Gasteiger partial charge is 0.333 e. The van der Waals surface area contributed by atoms with Gasteiger partial charge in [-0.3, -0.25) is 0 Å². The van der Waals surface area contributed by atoms with E-state index in [2.05, 4.69) is 20.5 Å². The maximum absolute atomic E-state index is 11.0. The van der Waals surface area contributed by atoms with Gasteiger partial charge >= 0.3 is 5.97 Å². The Morgan fingerprint density at radius 1 is 1.31 bits per heavy atom. The molecule has 6 nitrogen and oxygen atoms in total. The molecule has 0 amide bonds. The van der Waals surface area contributed by atoms with Crippen molar-refractivity contribution in [2.24, 2.45) is 0 Å². The summed E-state index contributed by atoms with van der Waals surface area (Å²) in [6.45, 7) is 6.34. The second-order valence-corrected chi connectivity index (χ2v) is 4.73. The van der Waals surface area contributed by atoms with E-state index < -0.39 is 16.1 Å². The summed E-state index contributed by atoms with van der Waals surface area (Å²) in [5.41, 5.74) is 0.263. The first-order valence-electron chi connectivity index (χ1n) is 4.75. The number of hydrogen-bond donors (Lipinski definition) is 0. The monoisotopic (exact) mass is 252 g/mol. The molecule has 0 aliphatic heterocycles. The van der Waals surface area contributed by atoms with Gasteiger partial charge in [-0.15, -0.1) is 4.33 Å². The third kappa shape index (κ3) is 7.38. The molecule has 0 aliphatic carbocycles. The predicted octanol–water partition coefficient (Wildman–Crippen LogP) is 0.794. The van der Waals surface area contributed by atoms with Gasteiger partial charge in [-0.1, -0.05) is 13.5 Å². The number of hydrogen-bond acceptors (Lipinski definition) is 6. The minimum atomic E-state index is -3.63. The van der Waals surface area contributed by atoms with E-state index in [1.165, 1.54) is 6.92 Å². The van der Waals surface area contributed by atoms with Crippen molar-refractivity contribution < 1.29 is 27.2 Å². The molecule has 0 unspecified atom stereocenters. The normalized spacial score (nSPS) is 11.1. The number of carbonyl (C=O) groups is 1. The van der Waals surface area contributed by atoms with Gasteiger partial charge < -0.3 is 4.74 Å². The van der Waals surface area contributed by atoms with E-state index in [-0.39, 0.29) is 24.5 Å². The average Bonchev–Trinajstić information content (AvgIpc) is 2.16. The second-order valence-electron chi connectivity index (χ2n) is 3.07. The molecule has 0 saturated heterocycles. The van der Waals surface area contributed by atoms with Gasteiger partial charge in [-0.2, -0.15) is 8.42 Å². The van der Waals surface area contributed by atoms with Crippen LogP contribution in [0.3, 0.4) is 0 Å². The summed E-state index contributed by atoms with van der Waals surface area (Å²) >= 11 is 0. The van der Waals surface area contributed by atoms with Gasteiger partial charge in [0.05, 0.1) is 5.75 Å². The van der Waals surface area contributed by atoms with Crippen LogP contribution >= 0.6 is 0 Å². The van der Waals surface area contributed by atoms with Crippen LogP contribution in [0.1, 0.15) is 20.3 Å². The lowest BCUT2D eigenvalue weighted by molar-refractivity contribution is -0.210. The van der Waals surface area contributed by atoms with Crippen LogP contribution in [0.2, 0.25) is 0 Å². The Morgan fingerprint density at radius 2 is 1.94 bits per heavy atom. The molecular formula is C9H16O6S. The molecule has 0 aromatic carbocycles. The van der Waals surface area contributed by atoms with E-state index in [0.717, 1.165) is 0 Å². The van der Waals surface area contributed by atoms with Crippen LogP contribution in [0, 0.1) is 0 Å². The zero-order valence-electron chi connectivity index (χ0n) is 9.39. The molecule has 0 aliphatic rings. The summed E-state index contributed by atoms with van der Waals surface area (Å²) in [5, 5.41) is 0. The van der Waals surface area contributed by atoms with Gasteiger partial charge in [-0.25, -0.2) is 9.68 Å². The molecule has 16 heavy (non-hydrogen) atoms. The minimum Gasteiger partial charge on any atom is -0.460 e. The molecule has 0 heterocycles. The second kappa shape index (κ2) is 7.37. The van der Waals surface area contributed by atoms with Gasteiger partial charge in [0.2, 0.25) is 0 Å². The Hall–Kier alpha value is -0.920. The van der Waals surface area contributed by atoms with Crippen molar-refractivity contribution in [1.82, 2.24) is 0 Å². The van der Waals surface area contributed by atoms with Crippen molar-refractivity contribution in [2.45, 2.75) is 20.3 Å². The summed E-state index contributed by atoms with van der Waals surface area (Å²) in [4.78, 5) is 15.3. The van der Waals surface area contributed by atoms with E-state index in [9.17, 15) is 13.2 Å². The Morgan fingerprint density at radius 3 is 2.44 bits per heavy atom. The zero-order chi connectivity index (χ0) is 12.6. The number of rotatable bonds is 8. The van der Waals surface area contributed by atoms with E-state index in [0.29, 0.717) is 6.42 Å². The Balaban J connectivity index is 3.62. The largest absolute Gasteiger partial charge is 0.460 e. The molecule has 7 heteroatoms. The molecule has 0 fully saturated rings. The highest BCUT2D eigenvalue weighted by molar-refractivity contribution is 7.86. The lowest BCUT2D eigenvalue weighted by Gasteiger charge is -2.05. The van der Waals surface area contributed by atoms with Gasteiger partial charge in [0, 0.05) is 5.57 Å². The first kappa shape index (κ1) is 15.1. The first-order valence-corrected chi connectivity index (χ1v) is 6.33. The first-order chi connectivity index (χ1) is 7.39. The van der Waals surface area contributed by atoms with Crippen molar-refractivity contribution in [3.8, 4) is 0 Å². The number of esters is 1. The summed E-state index contributed by atoms with van der Waals surface area (Å²) in [7, 11) is -3.63. The van der Waals surface area contributed by atoms with E-state index in [1.807, 2.05) is 0 Å². The fourth-order valence-corrected chi connectivity index (χ4v) is 1.47. The Kier molecular flexibility index (Phi) is 6.95. The molecule has 0 atom stereocenters. The fourth-order valence-electron chi connectivity index (χ4n) is 0.683. The summed E-state index contributed by atoms with van der Waals surface area (Å²) < 4.78 is 30.7. The maximum atomic E-state index is 11.0. The van der Waals surface area contributed by atoms with Gasteiger partial charge in [0.25, 0.3) is 10.1 Å². The topological polar surface area (TPSA) is 78.9 Å². The maximum Gasteiger partial charge on any atom is 0.333 e. The number of carbonyl (C=O) groups excluding carboxylic acids is 1. The molecular weight excluding hydrogens is 236 g/mol. The van der Waals surface area contributed by atoms with Crippen LogP contribution < -0.4 is 0 Å². The van der Waals surface area contributed by atoms with E-state index in [1.54, 1.807) is 6.92 Å². The summed E-state index contributed by atoms with van der Waals surface area (Å²) in [5.74, 6) is -0.668. The Bertz CT molecular complexity index is 332. The highest BCUT2D eigenvalue weighted by Gasteiger charge is 2.10. The van der Waals surface area contributed by atoms with E-state index >= 15 is 0 Å². The molecule has 0 radical (unpaired) electrons. The van der Waals surface area contributed by atoms with Crippen molar-refractivity contribution in [1.29, 1.82) is 0 Å². The third-order valence-electron chi connectivity index (χ3n) is 1.35. The number of ether oxygens (including phenoxy) is 1. The van der Waals surface area contributed by atoms with Crippen LogP contribution in [-0.4, -0.2) is 33.4 Å². The van der Waals surface area contributed by atoms with Gasteiger partial charge in [-0.05, 0) is 13.3 Å². The highest BCUT2D eigenvalue weighted by atomic mass is 32.2. The van der Waals surface area contributed by atoms with Gasteiger partial charge in [0.15, 0.2) is 0 Å². The van der Waals surface area contributed by atoms with Crippen LogP contribution in [0.5, 0.6) is 0 Å². The standard InChI is InChI=1S/C9H16O6S/c1-4-7-16(11,12)15-14-6-5-13-9(10)8(2)3/h2,4-7H2,1,3H3. The van der Waals surface area contributed by atoms with Gasteiger partial charge in [0.1, 0.15) is 13.2 Å². The van der Waals surface area contributed by atoms with Crippen LogP contribution in [-0.2, 0) is 28.9 Å². The fraction of sp³-hybridized carbons (Fsp3) is 0.667. The van der Waals surface area contributed by atoms with Crippen molar-refractivity contribution in [3.05, 3.63) is 12.2 Å². The summed E-state index contributed by atoms with van der Waals surface area (Å²) in [6.07, 6.45) is 0.441. The van der Waals surface area contributed by atoms with Crippen LogP contribution in [0.25, 0.3) is 0 Å². The predicted molar refractivity (Wildman–Crippen MR) is 56.9 cm³/mol. The summed E-state index contributed by atoms with van der Waals surface area (Å²) in [6, 6.07) is 0. The molecule has 0 saturated carbocycles. The van der Waals surface area contributed by atoms with Crippen molar-refractivity contribution >= 4 is 16.1 Å². The Labute approximate surface area is 95.2 Å². The lowest BCUT2D eigenvalue weighted by Crippen LogP contribution is -2.15. The van der Waals surface area contributed by atoms with Crippen LogP contribution in [0.15, 0.2) is 12.2 Å². The molecule has 0 bridgehead atoms. The molecule has 0 N–H and O–H groups in total. The third-order valence-corrected chi connectivity index (χ3v) is 2.57. The molecule has 0 spiro atoms. The zero-order valence-corrected chi connectivity index (χ0v) is 10.2. The molecule has 94 valence electrons. The molecule has 0 rings (SSSR count). The van der Waals surface area contributed by atoms with Crippen molar-refractivity contribution in [3.63, 3.8) is 0 Å². The SMILES string of the molecule is C=C(C)C(=O)OCCOOS(=O)(=O)CCC. The quantitative estimate of drug-likeness (QED) is 0.209. The average molecular weight is 252 g/mol. The minimum absolute atomic E-state index is 0.0899.